The smallest absolute Gasteiger partial charge is 0.214 e. The third-order valence-corrected chi connectivity index (χ3v) is 6.30. The van der Waals surface area contributed by atoms with Gasteiger partial charge in [0.05, 0.1) is 5.75 Å². The molecule has 0 atom stereocenters. The topological polar surface area (TPSA) is 52.7 Å². The lowest BCUT2D eigenvalue weighted by Crippen LogP contribution is -2.50. The fourth-order valence-electron chi connectivity index (χ4n) is 3.16. The first-order chi connectivity index (χ1) is 9.47. The molecule has 0 aromatic heterocycles. The average molecular weight is 303 g/mol. The lowest BCUT2D eigenvalue weighted by Gasteiger charge is -2.35. The number of piperidine rings is 1. The molecule has 0 saturated carbocycles. The minimum absolute atomic E-state index is 0.343. The average Bonchev–Trinajstić information content (AvgIpc) is 2.39. The van der Waals surface area contributed by atoms with Crippen molar-refractivity contribution < 1.29 is 8.42 Å². The Kier molecular flexibility index (Phi) is 5.84. The largest absolute Gasteiger partial charge is 0.317 e. The summed E-state index contributed by atoms with van der Waals surface area (Å²) in [5, 5.41) is 3.29. The molecule has 0 unspecified atom stereocenters. The molecular weight excluding hydrogens is 274 g/mol. The minimum Gasteiger partial charge on any atom is -0.317 e. The first-order valence-corrected chi connectivity index (χ1v) is 9.49. The van der Waals surface area contributed by atoms with E-state index >= 15 is 0 Å². The maximum atomic E-state index is 12.5. The van der Waals surface area contributed by atoms with Crippen molar-refractivity contribution >= 4 is 10.0 Å². The molecular formula is C14H29N3O2S. The van der Waals surface area contributed by atoms with E-state index < -0.39 is 10.0 Å². The molecule has 0 spiro atoms. The van der Waals surface area contributed by atoms with Crippen LogP contribution < -0.4 is 5.32 Å². The van der Waals surface area contributed by atoms with Crippen LogP contribution in [0.25, 0.3) is 0 Å². The molecule has 0 aliphatic carbocycles. The van der Waals surface area contributed by atoms with Crippen molar-refractivity contribution in [2.24, 2.45) is 11.8 Å². The summed E-state index contributed by atoms with van der Waals surface area (Å²) in [6.45, 7) is 10.5. The van der Waals surface area contributed by atoms with Gasteiger partial charge >= 0.3 is 0 Å². The molecule has 0 bridgehead atoms. The molecule has 2 rings (SSSR count). The van der Waals surface area contributed by atoms with Gasteiger partial charge in [-0.1, -0.05) is 13.8 Å². The molecule has 5 nitrogen and oxygen atoms in total. The van der Waals surface area contributed by atoms with Crippen LogP contribution in [-0.2, 0) is 10.0 Å². The second-order valence-electron chi connectivity index (χ2n) is 6.57. The highest BCUT2D eigenvalue weighted by Crippen LogP contribution is 2.18. The zero-order valence-corrected chi connectivity index (χ0v) is 13.7. The Morgan fingerprint density at radius 3 is 2.25 bits per heavy atom. The van der Waals surface area contributed by atoms with E-state index in [-0.39, 0.29) is 0 Å². The Bertz CT molecular complexity index is 383. The van der Waals surface area contributed by atoms with Gasteiger partial charge in [0.1, 0.15) is 0 Å². The molecule has 2 aliphatic rings. The van der Waals surface area contributed by atoms with Gasteiger partial charge in [-0.15, -0.1) is 0 Å². The van der Waals surface area contributed by atoms with E-state index in [1.165, 1.54) is 0 Å². The van der Waals surface area contributed by atoms with Crippen molar-refractivity contribution in [3.63, 3.8) is 0 Å². The second-order valence-corrected chi connectivity index (χ2v) is 8.58. The molecule has 0 radical (unpaired) electrons. The number of hydrogen-bond donors (Lipinski definition) is 1. The molecule has 0 amide bonds. The van der Waals surface area contributed by atoms with E-state index in [9.17, 15) is 8.42 Å². The summed E-state index contributed by atoms with van der Waals surface area (Å²) in [7, 11) is -3.06. The van der Waals surface area contributed by atoms with E-state index in [0.717, 1.165) is 45.6 Å². The van der Waals surface area contributed by atoms with Crippen LogP contribution in [0.3, 0.4) is 0 Å². The molecule has 0 aromatic rings. The number of sulfonamides is 1. The fourth-order valence-corrected chi connectivity index (χ4v) is 5.02. The van der Waals surface area contributed by atoms with Crippen LogP contribution in [0.15, 0.2) is 0 Å². The minimum atomic E-state index is -3.06. The SMILES string of the molecule is CC(C)CN1CCN(S(=O)(=O)CC2CCNCC2)CC1. The third kappa shape index (κ3) is 4.69. The van der Waals surface area contributed by atoms with Crippen molar-refractivity contribution in [2.75, 3.05) is 51.6 Å². The molecule has 2 fully saturated rings. The highest BCUT2D eigenvalue weighted by atomic mass is 32.2. The molecule has 2 aliphatic heterocycles. The number of rotatable bonds is 5. The second kappa shape index (κ2) is 7.20. The number of piperazine rings is 1. The normalized spacial score (nSPS) is 24.4. The van der Waals surface area contributed by atoms with Crippen LogP contribution in [-0.4, -0.2) is 69.2 Å². The Labute approximate surface area is 123 Å². The van der Waals surface area contributed by atoms with Crippen LogP contribution >= 0.6 is 0 Å². The molecule has 20 heavy (non-hydrogen) atoms. The van der Waals surface area contributed by atoms with Gasteiger partial charge in [-0.25, -0.2) is 8.42 Å². The summed E-state index contributed by atoms with van der Waals surface area (Å²) in [6, 6.07) is 0. The van der Waals surface area contributed by atoms with Gasteiger partial charge in [-0.2, -0.15) is 4.31 Å². The highest BCUT2D eigenvalue weighted by molar-refractivity contribution is 7.89. The van der Waals surface area contributed by atoms with Crippen LogP contribution in [0.2, 0.25) is 0 Å². The van der Waals surface area contributed by atoms with Gasteiger partial charge in [-0.3, -0.25) is 0 Å². The predicted octanol–water partition coefficient (Wildman–Crippen LogP) is 0.589. The summed E-state index contributed by atoms with van der Waals surface area (Å²) in [5.74, 6) is 1.33. The Balaban J connectivity index is 1.82. The Hall–Kier alpha value is -0.170. The van der Waals surface area contributed by atoms with Gasteiger partial charge in [0.15, 0.2) is 0 Å². The Morgan fingerprint density at radius 1 is 1.10 bits per heavy atom. The number of nitrogens with one attached hydrogen (secondary N) is 1. The zero-order chi connectivity index (χ0) is 14.6. The molecule has 2 heterocycles. The van der Waals surface area contributed by atoms with E-state index in [1.807, 2.05) is 0 Å². The van der Waals surface area contributed by atoms with Gasteiger partial charge in [0.25, 0.3) is 0 Å². The van der Waals surface area contributed by atoms with Crippen molar-refractivity contribution in [3.8, 4) is 0 Å². The lowest BCUT2D eigenvalue weighted by molar-refractivity contribution is 0.171. The standard InChI is InChI=1S/C14H29N3O2S/c1-13(2)11-16-7-9-17(10-8-16)20(18,19)12-14-3-5-15-6-4-14/h13-15H,3-12H2,1-2H3. The summed E-state index contributed by atoms with van der Waals surface area (Å²) < 4.78 is 26.7. The maximum absolute atomic E-state index is 12.5. The van der Waals surface area contributed by atoms with Gasteiger partial charge in [0.2, 0.25) is 10.0 Å². The predicted molar refractivity (Wildman–Crippen MR) is 82.2 cm³/mol. The van der Waals surface area contributed by atoms with Crippen LogP contribution in [0, 0.1) is 11.8 Å². The molecule has 6 heteroatoms. The van der Waals surface area contributed by atoms with E-state index in [2.05, 4.69) is 24.1 Å². The fraction of sp³-hybridized carbons (Fsp3) is 1.00. The summed E-state index contributed by atoms with van der Waals surface area (Å²) in [6.07, 6.45) is 1.99. The summed E-state index contributed by atoms with van der Waals surface area (Å²) in [5.41, 5.74) is 0. The summed E-state index contributed by atoms with van der Waals surface area (Å²) in [4.78, 5) is 2.38. The van der Waals surface area contributed by atoms with Gasteiger partial charge < -0.3 is 10.2 Å². The lowest BCUT2D eigenvalue weighted by atomic mass is 10.0. The quantitative estimate of drug-likeness (QED) is 0.808. The highest BCUT2D eigenvalue weighted by Gasteiger charge is 2.29. The van der Waals surface area contributed by atoms with Crippen molar-refractivity contribution in [2.45, 2.75) is 26.7 Å². The van der Waals surface area contributed by atoms with Crippen molar-refractivity contribution in [3.05, 3.63) is 0 Å². The molecule has 2 saturated heterocycles. The number of hydrogen-bond acceptors (Lipinski definition) is 4. The van der Waals surface area contributed by atoms with Gasteiger partial charge in [-0.05, 0) is 37.8 Å². The van der Waals surface area contributed by atoms with Crippen LogP contribution in [0.1, 0.15) is 26.7 Å². The van der Waals surface area contributed by atoms with E-state index in [4.69, 9.17) is 0 Å². The summed E-state index contributed by atoms with van der Waals surface area (Å²) >= 11 is 0. The van der Waals surface area contributed by atoms with Crippen molar-refractivity contribution in [1.29, 1.82) is 0 Å². The van der Waals surface area contributed by atoms with Crippen LogP contribution in [0.5, 0.6) is 0 Å². The molecule has 118 valence electrons. The Morgan fingerprint density at radius 2 is 1.70 bits per heavy atom. The third-order valence-electron chi connectivity index (χ3n) is 4.25. The first kappa shape index (κ1) is 16.2. The molecule has 1 N–H and O–H groups in total. The first-order valence-electron chi connectivity index (χ1n) is 7.88. The van der Waals surface area contributed by atoms with Crippen LogP contribution in [0.4, 0.5) is 0 Å². The van der Waals surface area contributed by atoms with E-state index in [1.54, 1.807) is 4.31 Å². The monoisotopic (exact) mass is 303 g/mol. The van der Waals surface area contributed by atoms with Crippen molar-refractivity contribution in [1.82, 2.24) is 14.5 Å². The van der Waals surface area contributed by atoms with Gasteiger partial charge in [0, 0.05) is 32.7 Å². The maximum Gasteiger partial charge on any atom is 0.214 e. The molecule has 0 aromatic carbocycles. The number of nitrogens with zero attached hydrogens (tertiary/aromatic N) is 2. The van der Waals surface area contributed by atoms with E-state index in [0.29, 0.717) is 30.7 Å². The zero-order valence-electron chi connectivity index (χ0n) is 12.8.